The molecule has 0 rings (SSSR count). The Balaban J connectivity index is 4.34. The Labute approximate surface area is 110 Å². The van der Waals surface area contributed by atoms with Crippen LogP contribution in [0.25, 0.3) is 0 Å². The molecule has 6 heteroatoms. The zero-order chi connectivity index (χ0) is 13.8. The molecule has 0 aromatic rings. The number of carbonyl (C=O) groups excluding carboxylic acids is 1. The number of nitrogens with two attached hydrogens (primary N) is 1. The molecule has 3 N–H and O–H groups in total. The van der Waals surface area contributed by atoms with Gasteiger partial charge in [0, 0.05) is 26.3 Å². The summed E-state index contributed by atoms with van der Waals surface area (Å²) in [5, 5.41) is 0. The van der Waals surface area contributed by atoms with Crippen molar-refractivity contribution in [1.29, 1.82) is 0 Å². The molecule has 0 saturated heterocycles. The van der Waals surface area contributed by atoms with Crippen molar-refractivity contribution in [2.45, 2.75) is 33.2 Å². The van der Waals surface area contributed by atoms with E-state index in [2.05, 4.69) is 5.43 Å². The van der Waals surface area contributed by atoms with E-state index in [0.717, 1.165) is 0 Å². The first kappa shape index (κ1) is 17.3. The molecular formula is C12H27N3O3. The molecule has 1 atom stereocenters. The van der Waals surface area contributed by atoms with Gasteiger partial charge in [-0.3, -0.25) is 15.1 Å². The first-order valence-corrected chi connectivity index (χ1v) is 6.61. The smallest absolute Gasteiger partial charge is 0.251 e. The van der Waals surface area contributed by atoms with Crippen molar-refractivity contribution in [3.05, 3.63) is 0 Å². The van der Waals surface area contributed by atoms with Crippen LogP contribution in [0.15, 0.2) is 0 Å². The number of hydrazine groups is 1. The second kappa shape index (κ2) is 11.4. The van der Waals surface area contributed by atoms with Gasteiger partial charge in [-0.05, 0) is 20.3 Å². The van der Waals surface area contributed by atoms with Crippen LogP contribution in [0.4, 0.5) is 0 Å². The van der Waals surface area contributed by atoms with E-state index in [0.29, 0.717) is 45.9 Å². The number of nitrogens with one attached hydrogen (secondary N) is 1. The fraction of sp³-hybridized carbons (Fsp3) is 0.917. The molecule has 1 amide bonds. The lowest BCUT2D eigenvalue weighted by atomic mass is 10.2. The van der Waals surface area contributed by atoms with Crippen LogP contribution in [0.2, 0.25) is 0 Å². The molecule has 0 aliphatic rings. The molecule has 0 bridgehead atoms. The van der Waals surface area contributed by atoms with E-state index < -0.39 is 0 Å². The summed E-state index contributed by atoms with van der Waals surface area (Å²) in [6, 6.07) is -0.226. The second-order valence-electron chi connectivity index (χ2n) is 3.86. The Morgan fingerprint density at radius 1 is 1.17 bits per heavy atom. The fourth-order valence-corrected chi connectivity index (χ4v) is 1.78. The van der Waals surface area contributed by atoms with Crippen LogP contribution in [0, 0.1) is 0 Å². The monoisotopic (exact) mass is 261 g/mol. The standard InChI is InChI=1S/C12H27N3O3/c1-4-11(12(16)14-13)15(7-9-17-5-2)8-10-18-6-3/h11H,4-10,13H2,1-3H3,(H,14,16). The average Bonchev–Trinajstić information content (AvgIpc) is 2.39. The van der Waals surface area contributed by atoms with E-state index in [9.17, 15) is 4.79 Å². The Morgan fingerprint density at radius 2 is 1.67 bits per heavy atom. The third kappa shape index (κ3) is 6.90. The fourth-order valence-electron chi connectivity index (χ4n) is 1.78. The van der Waals surface area contributed by atoms with E-state index in [1.54, 1.807) is 0 Å². The molecule has 0 aliphatic carbocycles. The van der Waals surface area contributed by atoms with Gasteiger partial charge in [0.1, 0.15) is 0 Å². The van der Waals surface area contributed by atoms with Gasteiger partial charge in [0.25, 0.3) is 5.91 Å². The SMILES string of the molecule is CCOCCN(CCOCC)C(CC)C(=O)NN. The zero-order valence-corrected chi connectivity index (χ0v) is 11.8. The Kier molecular flexibility index (Phi) is 11.0. The molecule has 0 aliphatic heterocycles. The normalized spacial score (nSPS) is 12.7. The molecule has 0 saturated carbocycles. The molecular weight excluding hydrogens is 234 g/mol. The highest BCUT2D eigenvalue weighted by atomic mass is 16.5. The number of amides is 1. The highest BCUT2D eigenvalue weighted by Crippen LogP contribution is 2.04. The Hall–Kier alpha value is -0.690. The maximum atomic E-state index is 11.7. The minimum atomic E-state index is -0.226. The van der Waals surface area contributed by atoms with Crippen LogP contribution in [0.1, 0.15) is 27.2 Å². The summed E-state index contributed by atoms with van der Waals surface area (Å²) < 4.78 is 10.7. The quantitative estimate of drug-likeness (QED) is 0.239. The van der Waals surface area contributed by atoms with Crippen molar-refractivity contribution in [3.8, 4) is 0 Å². The van der Waals surface area contributed by atoms with Crippen LogP contribution in [-0.4, -0.2) is 56.4 Å². The summed E-state index contributed by atoms with van der Waals surface area (Å²) >= 11 is 0. The number of carbonyl (C=O) groups is 1. The molecule has 1 unspecified atom stereocenters. The third-order valence-corrected chi connectivity index (χ3v) is 2.73. The van der Waals surface area contributed by atoms with Crippen LogP contribution < -0.4 is 11.3 Å². The van der Waals surface area contributed by atoms with E-state index in [4.69, 9.17) is 15.3 Å². The van der Waals surface area contributed by atoms with Crippen molar-refractivity contribution >= 4 is 5.91 Å². The average molecular weight is 261 g/mol. The largest absolute Gasteiger partial charge is 0.380 e. The van der Waals surface area contributed by atoms with Gasteiger partial charge in [-0.2, -0.15) is 0 Å². The Morgan fingerprint density at radius 3 is 2.00 bits per heavy atom. The summed E-state index contributed by atoms with van der Waals surface area (Å²) in [6.45, 7) is 9.85. The summed E-state index contributed by atoms with van der Waals surface area (Å²) in [4.78, 5) is 13.7. The summed E-state index contributed by atoms with van der Waals surface area (Å²) in [7, 11) is 0. The molecule has 0 aromatic heterocycles. The number of nitrogens with zero attached hydrogens (tertiary/aromatic N) is 1. The molecule has 0 aromatic carbocycles. The van der Waals surface area contributed by atoms with Crippen molar-refractivity contribution in [3.63, 3.8) is 0 Å². The first-order valence-electron chi connectivity index (χ1n) is 6.61. The van der Waals surface area contributed by atoms with Gasteiger partial charge >= 0.3 is 0 Å². The third-order valence-electron chi connectivity index (χ3n) is 2.73. The van der Waals surface area contributed by atoms with Crippen molar-refractivity contribution in [2.24, 2.45) is 5.84 Å². The van der Waals surface area contributed by atoms with Gasteiger partial charge in [-0.1, -0.05) is 6.92 Å². The van der Waals surface area contributed by atoms with E-state index in [-0.39, 0.29) is 11.9 Å². The highest BCUT2D eigenvalue weighted by molar-refractivity contribution is 5.81. The van der Waals surface area contributed by atoms with Crippen molar-refractivity contribution < 1.29 is 14.3 Å². The lowest BCUT2D eigenvalue weighted by Gasteiger charge is -2.29. The molecule has 0 spiro atoms. The number of rotatable bonds is 11. The van der Waals surface area contributed by atoms with Gasteiger partial charge in [0.05, 0.1) is 19.3 Å². The lowest BCUT2D eigenvalue weighted by Crippen LogP contribution is -2.50. The molecule has 6 nitrogen and oxygen atoms in total. The highest BCUT2D eigenvalue weighted by Gasteiger charge is 2.23. The van der Waals surface area contributed by atoms with Gasteiger partial charge in [0.2, 0.25) is 0 Å². The van der Waals surface area contributed by atoms with Crippen molar-refractivity contribution in [2.75, 3.05) is 39.5 Å². The molecule has 0 heterocycles. The van der Waals surface area contributed by atoms with Gasteiger partial charge in [-0.15, -0.1) is 0 Å². The Bertz CT molecular complexity index is 205. The van der Waals surface area contributed by atoms with E-state index in [1.165, 1.54) is 0 Å². The molecule has 0 fully saturated rings. The predicted octanol–water partition coefficient (Wildman–Crippen LogP) is 0.130. The van der Waals surface area contributed by atoms with Gasteiger partial charge in [0.15, 0.2) is 0 Å². The lowest BCUT2D eigenvalue weighted by molar-refractivity contribution is -0.127. The number of hydrogen-bond acceptors (Lipinski definition) is 5. The summed E-state index contributed by atoms with van der Waals surface area (Å²) in [6.07, 6.45) is 0.710. The van der Waals surface area contributed by atoms with Gasteiger partial charge in [-0.25, -0.2) is 5.84 Å². The summed E-state index contributed by atoms with van der Waals surface area (Å²) in [5.41, 5.74) is 2.22. The number of hydrogen-bond donors (Lipinski definition) is 2. The van der Waals surface area contributed by atoms with Crippen molar-refractivity contribution in [1.82, 2.24) is 10.3 Å². The topological polar surface area (TPSA) is 76.8 Å². The van der Waals surface area contributed by atoms with Crippen LogP contribution >= 0.6 is 0 Å². The first-order chi connectivity index (χ1) is 8.71. The maximum absolute atomic E-state index is 11.7. The van der Waals surface area contributed by atoms with Gasteiger partial charge < -0.3 is 9.47 Å². The van der Waals surface area contributed by atoms with Crippen LogP contribution in [-0.2, 0) is 14.3 Å². The molecule has 108 valence electrons. The zero-order valence-electron chi connectivity index (χ0n) is 11.8. The summed E-state index contributed by atoms with van der Waals surface area (Å²) in [5.74, 6) is 5.05. The second-order valence-corrected chi connectivity index (χ2v) is 3.86. The van der Waals surface area contributed by atoms with E-state index >= 15 is 0 Å². The van der Waals surface area contributed by atoms with Crippen LogP contribution in [0.3, 0.4) is 0 Å². The van der Waals surface area contributed by atoms with E-state index in [1.807, 2.05) is 25.7 Å². The molecule has 18 heavy (non-hydrogen) atoms. The maximum Gasteiger partial charge on any atom is 0.251 e. The molecule has 0 radical (unpaired) electrons. The number of ether oxygens (including phenoxy) is 2. The minimum absolute atomic E-state index is 0.162. The minimum Gasteiger partial charge on any atom is -0.380 e. The predicted molar refractivity (Wildman–Crippen MR) is 71.0 cm³/mol. The van der Waals surface area contributed by atoms with Crippen LogP contribution in [0.5, 0.6) is 0 Å².